The Morgan fingerprint density at radius 3 is 0.833 bits per heavy atom. The lowest BCUT2D eigenvalue weighted by molar-refractivity contribution is 0.170. The maximum Gasteiger partial charge on any atom is 0.0626 e. The van der Waals surface area contributed by atoms with Crippen LogP contribution >= 0.6 is 0 Å². The van der Waals surface area contributed by atoms with Crippen molar-refractivity contribution in [1.29, 1.82) is 0 Å². The summed E-state index contributed by atoms with van der Waals surface area (Å²) >= 11 is 0. The lowest BCUT2D eigenvalue weighted by Crippen LogP contribution is -2.34. The summed E-state index contributed by atoms with van der Waals surface area (Å²) < 4.78 is 0. The molecule has 2 aliphatic rings. The van der Waals surface area contributed by atoms with Crippen molar-refractivity contribution >= 4 is 16.1 Å². The Labute approximate surface area is 153 Å². The zero-order chi connectivity index (χ0) is 18.8. The molecule has 0 radical (unpaired) electrons. The van der Waals surface area contributed by atoms with Crippen LogP contribution < -0.4 is 0 Å². The predicted molar refractivity (Wildman–Crippen MR) is 112 cm³/mol. The second kappa shape index (κ2) is 7.93. The van der Waals surface area contributed by atoms with E-state index in [1.54, 1.807) is 0 Å². The molecule has 0 aliphatic heterocycles. The molecule has 2 aliphatic carbocycles. The molecular formula is C20H44O2Si2. The van der Waals surface area contributed by atoms with Crippen LogP contribution in [-0.4, -0.2) is 37.6 Å². The van der Waals surface area contributed by atoms with Gasteiger partial charge in [0.05, 0.1) is 27.3 Å². The van der Waals surface area contributed by atoms with Gasteiger partial charge in [-0.05, 0) is 37.8 Å². The summed E-state index contributed by atoms with van der Waals surface area (Å²) in [6.45, 7) is 17.9. The van der Waals surface area contributed by atoms with Gasteiger partial charge in [0.15, 0.2) is 0 Å². The minimum Gasteiger partial charge on any atom is -0.390 e. The van der Waals surface area contributed by atoms with Gasteiger partial charge in [0.1, 0.15) is 0 Å². The minimum atomic E-state index is -1.07. The van der Waals surface area contributed by atoms with Gasteiger partial charge in [-0.15, -0.1) is 0 Å². The lowest BCUT2D eigenvalue weighted by atomic mass is 10.4. The summed E-state index contributed by atoms with van der Waals surface area (Å²) in [6.07, 6.45) is 2.16. The first-order valence-electron chi connectivity index (χ1n) is 10.5. The van der Waals surface area contributed by atoms with Gasteiger partial charge in [0.2, 0.25) is 0 Å². The average Bonchev–Trinajstić information content (AvgIpc) is 3.41. The zero-order valence-corrected chi connectivity index (χ0v) is 19.7. The fraction of sp³-hybridized carbons (Fsp3) is 1.00. The molecule has 0 amide bonds. The first-order valence-corrected chi connectivity index (χ1v) is 15.9. The molecule has 0 aromatic heterocycles. The molecular weight excluding hydrogens is 328 g/mol. The van der Waals surface area contributed by atoms with Gasteiger partial charge >= 0.3 is 0 Å². The van der Waals surface area contributed by atoms with Gasteiger partial charge in [-0.1, -0.05) is 77.8 Å². The summed E-state index contributed by atoms with van der Waals surface area (Å²) in [7, 11) is -2.14. The average molecular weight is 373 g/mol. The summed E-state index contributed by atoms with van der Waals surface area (Å²) in [5, 5.41) is 19.7. The lowest BCUT2D eigenvalue weighted by Gasteiger charge is -2.29. The maximum atomic E-state index is 9.86. The molecule has 24 heavy (non-hydrogen) atoms. The van der Waals surface area contributed by atoms with Crippen LogP contribution in [-0.2, 0) is 0 Å². The van der Waals surface area contributed by atoms with Gasteiger partial charge in [-0.25, -0.2) is 0 Å². The Balaban J connectivity index is 0.000000240. The largest absolute Gasteiger partial charge is 0.390 e. The Kier molecular flexibility index (Phi) is 7.40. The van der Waals surface area contributed by atoms with Crippen LogP contribution in [0, 0.1) is 0 Å². The zero-order valence-electron chi connectivity index (χ0n) is 17.7. The highest BCUT2D eigenvalue weighted by atomic mass is 28.3. The van der Waals surface area contributed by atoms with Crippen molar-refractivity contribution in [3.05, 3.63) is 0 Å². The number of aliphatic hydroxyl groups is 2. The Hall–Kier alpha value is 0.354. The Morgan fingerprint density at radius 2 is 0.792 bits per heavy atom. The smallest absolute Gasteiger partial charge is 0.0626 e. The van der Waals surface area contributed by atoms with Crippen LogP contribution in [0.25, 0.3) is 0 Å². The molecule has 4 heteroatoms. The second-order valence-corrected chi connectivity index (χ2v) is 20.2. The normalized spacial score (nSPS) is 35.2. The summed E-state index contributed by atoms with van der Waals surface area (Å²) in [5.41, 5.74) is 0.831. The molecule has 4 unspecified atom stereocenters. The molecule has 0 aromatic carbocycles. The third-order valence-electron chi connectivity index (χ3n) is 8.12. The fourth-order valence-corrected chi connectivity index (χ4v) is 15.7. The highest BCUT2D eigenvalue weighted by Gasteiger charge is 2.59. The van der Waals surface area contributed by atoms with Crippen LogP contribution in [0.2, 0.25) is 47.3 Å². The molecule has 144 valence electrons. The van der Waals surface area contributed by atoms with E-state index in [1.807, 2.05) is 13.8 Å². The van der Waals surface area contributed by atoms with E-state index in [0.29, 0.717) is 11.1 Å². The van der Waals surface area contributed by atoms with E-state index in [0.717, 1.165) is 12.8 Å². The summed E-state index contributed by atoms with van der Waals surface area (Å²) in [4.78, 5) is 0. The van der Waals surface area contributed by atoms with Crippen molar-refractivity contribution in [3.63, 3.8) is 0 Å². The van der Waals surface area contributed by atoms with Crippen LogP contribution in [0.5, 0.6) is 0 Å². The quantitative estimate of drug-likeness (QED) is 0.510. The highest BCUT2D eigenvalue weighted by Crippen LogP contribution is 2.59. The van der Waals surface area contributed by atoms with Gasteiger partial charge in [0, 0.05) is 0 Å². The molecule has 2 saturated carbocycles. The van der Waals surface area contributed by atoms with Gasteiger partial charge in [0.25, 0.3) is 0 Å². The topological polar surface area (TPSA) is 40.5 Å². The Bertz CT molecular complexity index is 344. The van der Waals surface area contributed by atoms with E-state index in [1.165, 1.54) is 36.3 Å². The maximum absolute atomic E-state index is 9.86. The molecule has 2 nitrogen and oxygen atoms in total. The van der Waals surface area contributed by atoms with Gasteiger partial charge in [-0.3, -0.25) is 0 Å². The number of hydrogen-bond donors (Lipinski definition) is 2. The van der Waals surface area contributed by atoms with Crippen LogP contribution in [0.3, 0.4) is 0 Å². The molecule has 2 rings (SSSR count). The number of rotatable bonds is 8. The van der Waals surface area contributed by atoms with E-state index in [2.05, 4.69) is 41.5 Å². The summed E-state index contributed by atoms with van der Waals surface area (Å²) in [5.74, 6) is 0. The van der Waals surface area contributed by atoms with E-state index >= 15 is 0 Å². The predicted octanol–water partition coefficient (Wildman–Crippen LogP) is 6.04. The first-order chi connectivity index (χ1) is 11.0. The van der Waals surface area contributed by atoms with Crippen LogP contribution in [0.4, 0.5) is 0 Å². The van der Waals surface area contributed by atoms with Crippen molar-refractivity contribution < 1.29 is 10.2 Å². The van der Waals surface area contributed by atoms with E-state index < -0.39 is 16.1 Å². The SMILES string of the molecule is CC[Si](CC)(CC)C1CC1(C)O.CC[Si](CC)(CC)C1CC1(C)O. The van der Waals surface area contributed by atoms with Crippen molar-refractivity contribution in [2.45, 2.75) is 127 Å². The van der Waals surface area contributed by atoms with Crippen molar-refractivity contribution in [3.8, 4) is 0 Å². The van der Waals surface area contributed by atoms with Gasteiger partial charge in [-0.2, -0.15) is 0 Å². The summed E-state index contributed by atoms with van der Waals surface area (Å²) in [6, 6.07) is 8.09. The van der Waals surface area contributed by atoms with E-state index in [9.17, 15) is 10.2 Å². The monoisotopic (exact) mass is 372 g/mol. The second-order valence-electron chi connectivity index (χ2n) is 9.07. The third-order valence-corrected chi connectivity index (χ3v) is 21.2. The van der Waals surface area contributed by atoms with E-state index in [4.69, 9.17) is 0 Å². The van der Waals surface area contributed by atoms with Crippen molar-refractivity contribution in [2.75, 3.05) is 0 Å². The van der Waals surface area contributed by atoms with Crippen LogP contribution in [0.1, 0.15) is 68.2 Å². The molecule has 0 saturated heterocycles. The third kappa shape index (κ3) is 4.36. The van der Waals surface area contributed by atoms with Crippen molar-refractivity contribution in [2.24, 2.45) is 0 Å². The molecule has 0 heterocycles. The van der Waals surface area contributed by atoms with Crippen molar-refractivity contribution in [1.82, 2.24) is 0 Å². The molecule has 0 bridgehead atoms. The minimum absolute atomic E-state index is 0.283. The molecule has 2 N–H and O–H groups in total. The molecule has 0 spiro atoms. The van der Waals surface area contributed by atoms with Gasteiger partial charge < -0.3 is 10.2 Å². The van der Waals surface area contributed by atoms with Crippen LogP contribution in [0.15, 0.2) is 0 Å². The molecule has 0 aromatic rings. The molecule has 4 atom stereocenters. The number of hydrogen-bond acceptors (Lipinski definition) is 2. The molecule has 2 fully saturated rings. The van der Waals surface area contributed by atoms with E-state index in [-0.39, 0.29) is 11.2 Å². The standard InChI is InChI=1S/2C10H22OSi/c2*1-5-12(6-2,7-3)9-8-10(9,4)11/h2*9,11H,5-8H2,1-4H3. The highest BCUT2D eigenvalue weighted by molar-refractivity contribution is 6.82. The first kappa shape index (κ1) is 22.4. The fourth-order valence-electron chi connectivity index (χ4n) is 5.44. The Morgan fingerprint density at radius 1 is 0.625 bits per heavy atom.